The van der Waals surface area contributed by atoms with Gasteiger partial charge in [0.2, 0.25) is 0 Å². The van der Waals surface area contributed by atoms with Crippen LogP contribution in [0.4, 0.5) is 0 Å². The molecule has 0 heterocycles. The van der Waals surface area contributed by atoms with Gasteiger partial charge in [-0.3, -0.25) is 4.79 Å². The minimum Gasteiger partial charge on any atom is -0.479 e. The monoisotopic (exact) mass is 412 g/mol. The fourth-order valence-corrected chi connectivity index (χ4v) is 2.28. The van der Waals surface area contributed by atoms with E-state index in [9.17, 15) is 14.7 Å². The zero-order valence-corrected chi connectivity index (χ0v) is 12.6. The van der Waals surface area contributed by atoms with Crippen molar-refractivity contribution in [1.29, 1.82) is 0 Å². The van der Waals surface area contributed by atoms with Crippen LogP contribution < -0.4 is 0 Å². The van der Waals surface area contributed by atoms with Crippen molar-refractivity contribution in [2.75, 3.05) is 0 Å². The highest BCUT2D eigenvalue weighted by Crippen LogP contribution is 2.31. The van der Waals surface area contributed by atoms with Crippen LogP contribution in [0.25, 0.3) is 0 Å². The van der Waals surface area contributed by atoms with E-state index in [-0.39, 0.29) is 11.3 Å². The van der Waals surface area contributed by atoms with Crippen LogP contribution in [0, 0.1) is 3.57 Å². The lowest BCUT2D eigenvalue weighted by Crippen LogP contribution is -2.15. The number of alkyl halides is 1. The molecule has 0 radical (unpaired) electrons. The Labute approximate surface area is 120 Å². The number of rotatable bonds is 4. The number of carbonyl (C=O) groups is 2. The van der Waals surface area contributed by atoms with Gasteiger partial charge in [-0.2, -0.15) is 0 Å². The number of hydrogen-bond donors (Lipinski definition) is 2. The molecule has 0 saturated carbocycles. The third-order valence-corrected chi connectivity index (χ3v) is 4.02. The first kappa shape index (κ1) is 14.6. The highest BCUT2D eigenvalue weighted by molar-refractivity contribution is 14.1. The Morgan fingerprint density at radius 2 is 1.94 bits per heavy atom. The van der Waals surface area contributed by atoms with Gasteiger partial charge in [-0.25, -0.2) is 4.79 Å². The number of benzene rings is 1. The first-order chi connectivity index (χ1) is 7.84. The van der Waals surface area contributed by atoms with Gasteiger partial charge in [0, 0.05) is 3.57 Å². The molecule has 2 unspecified atom stereocenters. The van der Waals surface area contributed by atoms with Crippen LogP contribution in [0.3, 0.4) is 0 Å². The summed E-state index contributed by atoms with van der Waals surface area (Å²) in [4.78, 5) is 21.5. The van der Waals surface area contributed by atoms with Crippen LogP contribution in [0.1, 0.15) is 29.0 Å². The van der Waals surface area contributed by atoms with Gasteiger partial charge in [-0.05, 0) is 52.8 Å². The summed E-state index contributed by atoms with van der Waals surface area (Å²) in [6, 6.07) is 4.89. The summed E-state index contributed by atoms with van der Waals surface area (Å²) >= 11 is 5.25. The topological polar surface area (TPSA) is 74.6 Å². The average molecular weight is 413 g/mol. The number of carboxylic acids is 1. The van der Waals surface area contributed by atoms with Crippen molar-refractivity contribution < 1.29 is 19.8 Å². The lowest BCUT2D eigenvalue weighted by atomic mass is 9.98. The highest BCUT2D eigenvalue weighted by atomic mass is 127. The molecule has 0 aromatic heterocycles. The van der Waals surface area contributed by atoms with Crippen molar-refractivity contribution in [2.45, 2.75) is 17.9 Å². The Balaban J connectivity index is 3.30. The van der Waals surface area contributed by atoms with E-state index in [4.69, 9.17) is 5.11 Å². The molecule has 0 saturated heterocycles. The largest absolute Gasteiger partial charge is 0.479 e. The third kappa shape index (κ3) is 3.49. The van der Waals surface area contributed by atoms with Gasteiger partial charge in [0.15, 0.2) is 6.10 Å². The van der Waals surface area contributed by atoms with Crippen molar-refractivity contribution in [1.82, 2.24) is 0 Å². The molecule has 0 spiro atoms. The SMILES string of the molecule is CC(=O)C(Br)c1cc(I)ccc1C(O)C(=O)O. The molecule has 0 fully saturated rings. The van der Waals surface area contributed by atoms with Gasteiger partial charge >= 0.3 is 5.97 Å². The molecule has 1 aromatic rings. The molecule has 2 atom stereocenters. The fourth-order valence-electron chi connectivity index (χ4n) is 1.37. The van der Waals surface area contributed by atoms with Gasteiger partial charge in [0.1, 0.15) is 5.78 Å². The summed E-state index contributed by atoms with van der Waals surface area (Å²) < 4.78 is 0.865. The highest BCUT2D eigenvalue weighted by Gasteiger charge is 2.24. The molecule has 0 amide bonds. The van der Waals surface area contributed by atoms with Crippen LogP contribution in [-0.4, -0.2) is 22.0 Å². The molecule has 92 valence electrons. The number of aliphatic hydroxyl groups excluding tert-OH is 1. The van der Waals surface area contributed by atoms with E-state index in [1.807, 2.05) is 0 Å². The summed E-state index contributed by atoms with van der Waals surface area (Å²) in [5, 5.41) is 18.4. The summed E-state index contributed by atoms with van der Waals surface area (Å²) in [5.41, 5.74) is 0.717. The van der Waals surface area contributed by atoms with Gasteiger partial charge in [-0.15, -0.1) is 0 Å². The van der Waals surface area contributed by atoms with Gasteiger partial charge in [0.05, 0.1) is 4.83 Å². The Bertz CT molecular complexity index is 461. The number of Topliss-reactive ketones (excluding diaryl/α,β-unsaturated/α-hetero) is 1. The Morgan fingerprint density at radius 1 is 1.35 bits per heavy atom. The van der Waals surface area contributed by atoms with Crippen LogP contribution in [0.15, 0.2) is 18.2 Å². The number of carbonyl (C=O) groups excluding carboxylic acids is 1. The molecule has 0 aliphatic carbocycles. The molecular weight excluding hydrogens is 403 g/mol. The van der Waals surface area contributed by atoms with Crippen molar-refractivity contribution >= 4 is 50.3 Å². The maximum absolute atomic E-state index is 11.3. The summed E-state index contributed by atoms with van der Waals surface area (Å²) in [6.45, 7) is 1.40. The lowest BCUT2D eigenvalue weighted by Gasteiger charge is -2.15. The summed E-state index contributed by atoms with van der Waals surface area (Å²) in [5.74, 6) is -1.48. The molecule has 0 aliphatic heterocycles. The molecule has 17 heavy (non-hydrogen) atoms. The Morgan fingerprint density at radius 3 is 2.41 bits per heavy atom. The normalized spacial score (nSPS) is 14.1. The second-order valence-corrected chi connectivity index (χ2v) is 5.65. The number of hydrogen-bond acceptors (Lipinski definition) is 3. The van der Waals surface area contributed by atoms with Crippen LogP contribution in [0.2, 0.25) is 0 Å². The zero-order chi connectivity index (χ0) is 13.2. The molecule has 0 bridgehead atoms. The van der Waals surface area contributed by atoms with E-state index in [1.165, 1.54) is 13.0 Å². The van der Waals surface area contributed by atoms with Crippen molar-refractivity contribution in [2.24, 2.45) is 0 Å². The van der Waals surface area contributed by atoms with E-state index in [1.54, 1.807) is 12.1 Å². The standard InChI is InChI=1S/C11H10BrIO4/c1-5(14)9(12)8-4-6(13)2-3-7(8)10(15)11(16)17/h2-4,9-10,15H,1H3,(H,16,17). The Kier molecular flexibility index (Phi) is 5.08. The first-order valence-electron chi connectivity index (χ1n) is 4.69. The molecule has 2 N–H and O–H groups in total. The number of halogens is 2. The van der Waals surface area contributed by atoms with E-state index in [2.05, 4.69) is 38.5 Å². The predicted octanol–water partition coefficient (Wildman–Crippen LogP) is 2.43. The Hall–Kier alpha value is -0.470. The molecule has 4 nitrogen and oxygen atoms in total. The van der Waals surface area contributed by atoms with E-state index in [0.717, 1.165) is 3.57 Å². The second kappa shape index (κ2) is 5.92. The molecular formula is C11H10BrIO4. The average Bonchev–Trinajstić information content (AvgIpc) is 2.26. The molecule has 0 aliphatic rings. The van der Waals surface area contributed by atoms with Gasteiger partial charge in [-0.1, -0.05) is 22.0 Å². The van der Waals surface area contributed by atoms with Crippen molar-refractivity contribution in [3.63, 3.8) is 0 Å². The first-order valence-corrected chi connectivity index (χ1v) is 6.68. The number of aliphatic hydroxyl groups is 1. The van der Waals surface area contributed by atoms with Gasteiger partial charge in [0.25, 0.3) is 0 Å². The van der Waals surface area contributed by atoms with E-state index in [0.29, 0.717) is 5.56 Å². The van der Waals surface area contributed by atoms with Crippen molar-refractivity contribution in [3.8, 4) is 0 Å². The number of ketones is 1. The molecule has 1 rings (SSSR count). The maximum Gasteiger partial charge on any atom is 0.337 e. The second-order valence-electron chi connectivity index (χ2n) is 3.49. The quantitative estimate of drug-likeness (QED) is 0.588. The molecule has 1 aromatic carbocycles. The van der Waals surface area contributed by atoms with Crippen LogP contribution >= 0.6 is 38.5 Å². The third-order valence-electron chi connectivity index (χ3n) is 2.21. The van der Waals surface area contributed by atoms with E-state index < -0.39 is 16.9 Å². The van der Waals surface area contributed by atoms with Crippen LogP contribution in [0.5, 0.6) is 0 Å². The minimum atomic E-state index is -1.62. The predicted molar refractivity (Wildman–Crippen MR) is 74.1 cm³/mol. The van der Waals surface area contributed by atoms with E-state index >= 15 is 0 Å². The minimum absolute atomic E-state index is 0.147. The number of aliphatic carboxylic acids is 1. The van der Waals surface area contributed by atoms with Crippen molar-refractivity contribution in [3.05, 3.63) is 32.9 Å². The summed E-state index contributed by atoms with van der Waals surface area (Å²) in [6.07, 6.45) is -1.62. The number of carboxylic acid groups (broad SMARTS) is 1. The van der Waals surface area contributed by atoms with Gasteiger partial charge < -0.3 is 10.2 Å². The van der Waals surface area contributed by atoms with Crippen LogP contribution in [-0.2, 0) is 9.59 Å². The smallest absolute Gasteiger partial charge is 0.337 e. The zero-order valence-electron chi connectivity index (χ0n) is 8.85. The lowest BCUT2D eigenvalue weighted by molar-refractivity contribution is -0.147. The maximum atomic E-state index is 11.3. The fraction of sp³-hybridized carbons (Fsp3) is 0.273. The summed E-state index contributed by atoms with van der Waals surface area (Å²) in [7, 11) is 0. The molecule has 6 heteroatoms.